The average molecular weight is 277 g/mol. The molecule has 1 fully saturated rings. The van der Waals surface area contributed by atoms with E-state index in [1.165, 1.54) is 0 Å². The van der Waals surface area contributed by atoms with Crippen LogP contribution >= 0.6 is 0 Å². The van der Waals surface area contributed by atoms with Crippen LogP contribution in [0.3, 0.4) is 0 Å². The number of aryl methyl sites for hydroxylation is 1. The van der Waals surface area contributed by atoms with Crippen LogP contribution in [0.5, 0.6) is 5.75 Å². The lowest BCUT2D eigenvalue weighted by Crippen LogP contribution is -2.30. The summed E-state index contributed by atoms with van der Waals surface area (Å²) in [5.74, 6) is 0.213. The predicted octanol–water partition coefficient (Wildman–Crippen LogP) is 1.45. The first-order chi connectivity index (χ1) is 9.67. The largest absolute Gasteiger partial charge is 0.497 e. The van der Waals surface area contributed by atoms with Crippen molar-refractivity contribution in [3.8, 4) is 5.75 Å². The summed E-state index contributed by atoms with van der Waals surface area (Å²) in [5.41, 5.74) is 1.03. The summed E-state index contributed by atoms with van der Waals surface area (Å²) in [7, 11) is 1.61. The lowest BCUT2D eigenvalue weighted by atomic mass is 10.1. The Morgan fingerprint density at radius 3 is 2.55 bits per heavy atom. The van der Waals surface area contributed by atoms with Crippen LogP contribution in [-0.4, -0.2) is 31.6 Å². The molecule has 0 unspecified atom stereocenters. The van der Waals surface area contributed by atoms with Crippen molar-refractivity contribution in [2.24, 2.45) is 0 Å². The van der Waals surface area contributed by atoms with E-state index in [0.29, 0.717) is 12.5 Å². The molecular formula is C15H19NO4. The van der Waals surface area contributed by atoms with E-state index in [1.54, 1.807) is 7.11 Å². The summed E-state index contributed by atoms with van der Waals surface area (Å²) in [4.78, 5) is 22.9. The highest BCUT2D eigenvalue weighted by molar-refractivity contribution is 5.81. The standard InChI is InChI=1S/C15H19NO4/c1-19-13-7-2-11(3-8-13)4-9-15(18)20-10-14(17)16-12-5-6-12/h2-3,7-8,12H,4-6,9-10H2,1H3,(H,16,17). The summed E-state index contributed by atoms with van der Waals surface area (Å²) < 4.78 is 9.98. The molecule has 2 rings (SSSR count). The molecule has 1 aromatic carbocycles. The fraction of sp³-hybridized carbons (Fsp3) is 0.467. The number of methoxy groups -OCH3 is 1. The third-order valence-electron chi connectivity index (χ3n) is 3.08. The van der Waals surface area contributed by atoms with Crippen molar-refractivity contribution in [3.63, 3.8) is 0 Å². The number of benzene rings is 1. The fourth-order valence-electron chi connectivity index (χ4n) is 1.75. The summed E-state index contributed by atoms with van der Waals surface area (Å²) in [6, 6.07) is 7.81. The number of carbonyl (C=O) groups excluding carboxylic acids is 2. The molecule has 0 bridgehead atoms. The lowest BCUT2D eigenvalue weighted by molar-refractivity contribution is -0.148. The number of esters is 1. The Morgan fingerprint density at radius 2 is 1.95 bits per heavy atom. The van der Waals surface area contributed by atoms with E-state index >= 15 is 0 Å². The van der Waals surface area contributed by atoms with Crippen LogP contribution in [0.4, 0.5) is 0 Å². The number of carbonyl (C=O) groups is 2. The van der Waals surface area contributed by atoms with Gasteiger partial charge in [-0.1, -0.05) is 12.1 Å². The minimum absolute atomic E-state index is 0.183. The molecule has 0 aromatic heterocycles. The van der Waals surface area contributed by atoms with Gasteiger partial charge in [0.2, 0.25) is 0 Å². The SMILES string of the molecule is COc1ccc(CCC(=O)OCC(=O)NC2CC2)cc1. The Hall–Kier alpha value is -2.04. The maximum atomic E-state index is 11.5. The van der Waals surface area contributed by atoms with Crippen LogP contribution in [0.2, 0.25) is 0 Å². The van der Waals surface area contributed by atoms with Gasteiger partial charge in [0.1, 0.15) is 5.75 Å². The van der Waals surface area contributed by atoms with Gasteiger partial charge < -0.3 is 14.8 Å². The van der Waals surface area contributed by atoms with E-state index in [1.807, 2.05) is 24.3 Å². The molecule has 0 saturated heterocycles. The second-order valence-electron chi connectivity index (χ2n) is 4.85. The second-order valence-corrected chi connectivity index (χ2v) is 4.85. The predicted molar refractivity (Wildman–Crippen MR) is 73.4 cm³/mol. The summed E-state index contributed by atoms with van der Waals surface area (Å²) in [6.45, 7) is -0.183. The van der Waals surface area contributed by atoms with Crippen LogP contribution in [0.25, 0.3) is 0 Å². The van der Waals surface area contributed by atoms with Gasteiger partial charge in [0.25, 0.3) is 5.91 Å². The molecule has 0 heterocycles. The zero-order valence-electron chi connectivity index (χ0n) is 11.6. The van der Waals surface area contributed by atoms with Gasteiger partial charge in [-0.3, -0.25) is 9.59 Å². The number of nitrogens with one attached hydrogen (secondary N) is 1. The molecule has 0 aliphatic heterocycles. The summed E-state index contributed by atoms with van der Waals surface area (Å²) >= 11 is 0. The molecule has 1 aromatic rings. The minimum atomic E-state index is -0.355. The highest BCUT2D eigenvalue weighted by Crippen LogP contribution is 2.18. The van der Waals surface area contributed by atoms with Crippen LogP contribution in [0.15, 0.2) is 24.3 Å². The molecule has 5 heteroatoms. The van der Waals surface area contributed by atoms with Crippen LogP contribution in [-0.2, 0) is 20.7 Å². The van der Waals surface area contributed by atoms with Crippen LogP contribution in [0.1, 0.15) is 24.8 Å². The zero-order chi connectivity index (χ0) is 14.4. The highest BCUT2D eigenvalue weighted by atomic mass is 16.5. The normalized spacial score (nSPS) is 13.7. The Labute approximate surface area is 118 Å². The summed E-state index contributed by atoms with van der Waals surface area (Å²) in [5, 5.41) is 2.77. The van der Waals surface area contributed by atoms with Crippen molar-refractivity contribution in [1.29, 1.82) is 0 Å². The number of amides is 1. The van der Waals surface area contributed by atoms with Crippen molar-refractivity contribution < 1.29 is 19.1 Å². The maximum Gasteiger partial charge on any atom is 0.306 e. The van der Waals surface area contributed by atoms with Crippen molar-refractivity contribution in [2.75, 3.05) is 13.7 Å². The first-order valence-electron chi connectivity index (χ1n) is 6.75. The van der Waals surface area contributed by atoms with E-state index in [-0.39, 0.29) is 24.9 Å². The van der Waals surface area contributed by atoms with Crippen LogP contribution < -0.4 is 10.1 Å². The minimum Gasteiger partial charge on any atom is -0.497 e. The smallest absolute Gasteiger partial charge is 0.306 e. The van der Waals surface area contributed by atoms with Crippen molar-refractivity contribution in [1.82, 2.24) is 5.32 Å². The highest BCUT2D eigenvalue weighted by Gasteiger charge is 2.23. The molecule has 0 spiro atoms. The molecule has 1 aliphatic carbocycles. The van der Waals surface area contributed by atoms with Crippen molar-refractivity contribution >= 4 is 11.9 Å². The van der Waals surface area contributed by atoms with Gasteiger partial charge >= 0.3 is 5.97 Å². The topological polar surface area (TPSA) is 64.6 Å². The molecule has 1 N–H and O–H groups in total. The average Bonchev–Trinajstić information content (AvgIpc) is 3.27. The Morgan fingerprint density at radius 1 is 1.25 bits per heavy atom. The zero-order valence-corrected chi connectivity index (χ0v) is 11.6. The van der Waals surface area contributed by atoms with Crippen molar-refractivity contribution in [3.05, 3.63) is 29.8 Å². The van der Waals surface area contributed by atoms with Gasteiger partial charge in [-0.15, -0.1) is 0 Å². The molecule has 0 radical (unpaired) electrons. The summed E-state index contributed by atoms with van der Waals surface area (Å²) in [6.07, 6.45) is 2.91. The molecule has 108 valence electrons. The molecule has 1 amide bonds. The Balaban J connectivity index is 1.64. The molecule has 20 heavy (non-hydrogen) atoms. The monoisotopic (exact) mass is 277 g/mol. The third-order valence-corrected chi connectivity index (χ3v) is 3.08. The van der Waals surface area contributed by atoms with E-state index in [2.05, 4.69) is 5.32 Å². The van der Waals surface area contributed by atoms with Gasteiger partial charge in [0.15, 0.2) is 6.61 Å². The lowest BCUT2D eigenvalue weighted by Gasteiger charge is -2.06. The Bertz CT molecular complexity index is 465. The van der Waals surface area contributed by atoms with Gasteiger partial charge in [-0.05, 0) is 37.0 Å². The number of hydrogen-bond donors (Lipinski definition) is 1. The number of rotatable bonds is 7. The van der Waals surface area contributed by atoms with Gasteiger partial charge in [0.05, 0.1) is 7.11 Å². The van der Waals surface area contributed by atoms with Crippen molar-refractivity contribution in [2.45, 2.75) is 31.7 Å². The van der Waals surface area contributed by atoms with Gasteiger partial charge in [-0.25, -0.2) is 0 Å². The quantitative estimate of drug-likeness (QED) is 0.766. The third kappa shape index (κ3) is 4.91. The second kappa shape index (κ2) is 6.93. The van der Waals surface area contributed by atoms with E-state index < -0.39 is 0 Å². The number of ether oxygens (including phenoxy) is 2. The Kier molecular flexibility index (Phi) is 4.98. The number of hydrogen-bond acceptors (Lipinski definition) is 4. The fourth-order valence-corrected chi connectivity index (χ4v) is 1.75. The first-order valence-corrected chi connectivity index (χ1v) is 6.75. The molecule has 1 saturated carbocycles. The maximum absolute atomic E-state index is 11.5. The van der Waals surface area contributed by atoms with E-state index in [0.717, 1.165) is 24.2 Å². The van der Waals surface area contributed by atoms with Gasteiger partial charge in [-0.2, -0.15) is 0 Å². The van der Waals surface area contributed by atoms with Gasteiger partial charge in [0, 0.05) is 12.5 Å². The molecular weight excluding hydrogens is 258 g/mol. The van der Waals surface area contributed by atoms with E-state index in [4.69, 9.17) is 9.47 Å². The molecule has 1 aliphatic rings. The molecule has 5 nitrogen and oxygen atoms in total. The molecule has 0 atom stereocenters. The van der Waals surface area contributed by atoms with E-state index in [9.17, 15) is 9.59 Å². The van der Waals surface area contributed by atoms with Crippen LogP contribution in [0, 0.1) is 0 Å². The first kappa shape index (κ1) is 14.4.